The van der Waals surface area contributed by atoms with Crippen LogP contribution in [0.5, 0.6) is 0 Å². The quantitative estimate of drug-likeness (QED) is 0.820. The van der Waals surface area contributed by atoms with Gasteiger partial charge in [0.1, 0.15) is 0 Å². The zero-order valence-corrected chi connectivity index (χ0v) is 11.9. The van der Waals surface area contributed by atoms with Crippen molar-refractivity contribution in [2.45, 2.75) is 31.9 Å². The van der Waals surface area contributed by atoms with Gasteiger partial charge in [0.2, 0.25) is 0 Å². The topological polar surface area (TPSA) is 23.5 Å². The second kappa shape index (κ2) is 5.51. The molecule has 0 bridgehead atoms. The van der Waals surface area contributed by atoms with Crippen molar-refractivity contribution < 1.29 is 5.11 Å². The number of hydrogen-bond acceptors (Lipinski definition) is 4. The van der Waals surface area contributed by atoms with E-state index in [0.717, 1.165) is 19.0 Å². The lowest BCUT2D eigenvalue weighted by molar-refractivity contribution is 0.0200. The fraction of sp³-hybridized carbons (Fsp3) is 1.00. The van der Waals surface area contributed by atoms with E-state index in [2.05, 4.69) is 28.4 Å². The summed E-state index contributed by atoms with van der Waals surface area (Å²) in [6.45, 7) is 6.19. The highest BCUT2D eigenvalue weighted by molar-refractivity contribution is 8.03. The first kappa shape index (κ1) is 13.1. The Morgan fingerprint density at radius 2 is 1.81 bits per heavy atom. The van der Waals surface area contributed by atoms with Crippen molar-refractivity contribution in [1.82, 2.24) is 4.90 Å². The normalized spacial score (nSPS) is 30.6. The molecule has 2 heterocycles. The molecule has 16 heavy (non-hydrogen) atoms. The highest BCUT2D eigenvalue weighted by atomic mass is 32.2. The van der Waals surface area contributed by atoms with Crippen LogP contribution in [0.1, 0.15) is 20.3 Å². The van der Waals surface area contributed by atoms with E-state index in [1.165, 1.54) is 29.6 Å². The summed E-state index contributed by atoms with van der Waals surface area (Å²) in [6.07, 6.45) is 1.16. The number of hydrogen-bond donors (Lipinski definition) is 1. The van der Waals surface area contributed by atoms with Crippen LogP contribution in [-0.2, 0) is 0 Å². The first-order valence-corrected chi connectivity index (χ1v) is 8.50. The molecule has 2 aliphatic rings. The summed E-state index contributed by atoms with van der Waals surface area (Å²) in [6, 6.07) is 0.741. The predicted octanol–water partition coefficient (Wildman–Crippen LogP) is 1.93. The van der Waals surface area contributed by atoms with Crippen LogP contribution in [0, 0.1) is 5.92 Å². The molecule has 0 aliphatic carbocycles. The van der Waals surface area contributed by atoms with Crippen LogP contribution in [0.3, 0.4) is 0 Å². The van der Waals surface area contributed by atoms with Crippen LogP contribution >= 0.6 is 23.5 Å². The number of thioether (sulfide) groups is 2. The Labute approximate surface area is 108 Å². The lowest BCUT2D eigenvalue weighted by Crippen LogP contribution is -2.39. The molecule has 2 rings (SSSR count). The van der Waals surface area contributed by atoms with E-state index in [9.17, 15) is 5.11 Å². The molecule has 1 atom stereocenters. The Morgan fingerprint density at radius 1 is 1.19 bits per heavy atom. The van der Waals surface area contributed by atoms with Gasteiger partial charge in [-0.05, 0) is 26.8 Å². The summed E-state index contributed by atoms with van der Waals surface area (Å²) in [4.78, 5) is 2.61. The maximum Gasteiger partial charge on any atom is 0.0632 e. The van der Waals surface area contributed by atoms with Gasteiger partial charge in [-0.15, -0.1) is 0 Å². The average molecular weight is 261 g/mol. The van der Waals surface area contributed by atoms with Gasteiger partial charge < -0.3 is 5.11 Å². The molecular formula is C12H23NOS2. The Balaban J connectivity index is 1.87. The lowest BCUT2D eigenvalue weighted by Gasteiger charge is -2.29. The van der Waals surface area contributed by atoms with Gasteiger partial charge >= 0.3 is 0 Å². The minimum Gasteiger partial charge on any atom is -0.390 e. The Morgan fingerprint density at radius 3 is 2.31 bits per heavy atom. The van der Waals surface area contributed by atoms with Gasteiger partial charge in [-0.3, -0.25) is 4.90 Å². The molecule has 2 aliphatic heterocycles. The molecule has 2 saturated heterocycles. The number of likely N-dealkylation sites (tertiary alicyclic amines) is 1. The van der Waals surface area contributed by atoms with Crippen molar-refractivity contribution in [1.29, 1.82) is 0 Å². The Hall–Kier alpha value is 0.620. The van der Waals surface area contributed by atoms with Gasteiger partial charge in [0, 0.05) is 41.5 Å². The predicted molar refractivity (Wildman–Crippen MR) is 74.4 cm³/mol. The minimum atomic E-state index is -0.500. The Kier molecular flexibility index (Phi) is 4.50. The summed E-state index contributed by atoms with van der Waals surface area (Å²) in [5, 5.41) is 10.1. The van der Waals surface area contributed by atoms with Gasteiger partial charge in [-0.25, -0.2) is 0 Å². The molecule has 0 aromatic heterocycles. The number of rotatable bonds is 2. The molecule has 0 unspecified atom stereocenters. The van der Waals surface area contributed by atoms with E-state index in [1.807, 2.05) is 13.8 Å². The monoisotopic (exact) mass is 261 g/mol. The van der Waals surface area contributed by atoms with Crippen LogP contribution in [0.25, 0.3) is 0 Å². The van der Waals surface area contributed by atoms with E-state index >= 15 is 0 Å². The van der Waals surface area contributed by atoms with Crippen molar-refractivity contribution in [2.24, 2.45) is 5.92 Å². The van der Waals surface area contributed by atoms with Crippen LogP contribution in [0.15, 0.2) is 0 Å². The number of nitrogens with zero attached hydrogens (tertiary/aromatic N) is 1. The summed E-state index contributed by atoms with van der Waals surface area (Å²) >= 11 is 4.19. The van der Waals surface area contributed by atoms with Gasteiger partial charge in [0.05, 0.1) is 5.60 Å². The molecule has 0 spiro atoms. The van der Waals surface area contributed by atoms with Gasteiger partial charge in [0.25, 0.3) is 0 Å². The second-order valence-corrected chi connectivity index (χ2v) is 7.74. The van der Waals surface area contributed by atoms with Crippen LogP contribution in [0.4, 0.5) is 0 Å². The standard InChI is InChI=1S/C12H23NOS2/c1-12(2,14)10-3-4-13(7-10)11-8-15-5-6-16-9-11/h10-11,14H,3-9H2,1-2H3/t10-/m1/s1. The van der Waals surface area contributed by atoms with Crippen molar-refractivity contribution in [3.05, 3.63) is 0 Å². The van der Waals surface area contributed by atoms with Gasteiger partial charge in [-0.1, -0.05) is 0 Å². The van der Waals surface area contributed by atoms with Crippen LogP contribution < -0.4 is 0 Å². The third kappa shape index (κ3) is 3.31. The van der Waals surface area contributed by atoms with Gasteiger partial charge in [0.15, 0.2) is 0 Å². The Bertz CT molecular complexity index is 222. The first-order chi connectivity index (χ1) is 7.57. The van der Waals surface area contributed by atoms with Gasteiger partial charge in [-0.2, -0.15) is 23.5 Å². The second-order valence-electron chi connectivity index (χ2n) is 5.44. The third-order valence-corrected chi connectivity index (χ3v) is 6.21. The maximum absolute atomic E-state index is 10.1. The highest BCUT2D eigenvalue weighted by Crippen LogP contribution is 2.30. The zero-order chi connectivity index (χ0) is 11.6. The summed E-state index contributed by atoms with van der Waals surface area (Å²) in [5.74, 6) is 5.65. The molecule has 4 heteroatoms. The molecule has 0 aromatic carbocycles. The fourth-order valence-electron chi connectivity index (χ4n) is 2.51. The van der Waals surface area contributed by atoms with E-state index in [1.54, 1.807) is 0 Å². The molecule has 0 aromatic rings. The number of aliphatic hydroxyl groups is 1. The smallest absolute Gasteiger partial charge is 0.0632 e. The van der Waals surface area contributed by atoms with E-state index in [0.29, 0.717) is 5.92 Å². The average Bonchev–Trinajstić information content (AvgIpc) is 2.55. The summed E-state index contributed by atoms with van der Waals surface area (Å²) in [7, 11) is 0. The van der Waals surface area contributed by atoms with Crippen LogP contribution in [0.2, 0.25) is 0 Å². The van der Waals surface area contributed by atoms with Crippen molar-refractivity contribution in [2.75, 3.05) is 36.1 Å². The lowest BCUT2D eigenvalue weighted by atomic mass is 9.90. The van der Waals surface area contributed by atoms with E-state index in [-0.39, 0.29) is 0 Å². The van der Waals surface area contributed by atoms with Crippen LogP contribution in [-0.4, -0.2) is 57.8 Å². The fourth-order valence-corrected chi connectivity index (χ4v) is 5.14. The van der Waals surface area contributed by atoms with Crippen molar-refractivity contribution in [3.63, 3.8) is 0 Å². The summed E-state index contributed by atoms with van der Waals surface area (Å²) in [5.41, 5.74) is -0.500. The molecule has 94 valence electrons. The zero-order valence-electron chi connectivity index (χ0n) is 10.3. The summed E-state index contributed by atoms with van der Waals surface area (Å²) < 4.78 is 0. The molecule has 0 saturated carbocycles. The highest BCUT2D eigenvalue weighted by Gasteiger charge is 2.36. The largest absolute Gasteiger partial charge is 0.390 e. The molecular weight excluding hydrogens is 238 g/mol. The third-order valence-electron chi connectivity index (χ3n) is 3.73. The molecule has 2 fully saturated rings. The molecule has 0 radical (unpaired) electrons. The first-order valence-electron chi connectivity index (χ1n) is 6.19. The molecule has 0 amide bonds. The minimum absolute atomic E-state index is 0.464. The van der Waals surface area contributed by atoms with E-state index in [4.69, 9.17) is 0 Å². The van der Waals surface area contributed by atoms with E-state index < -0.39 is 5.60 Å². The maximum atomic E-state index is 10.1. The SMILES string of the molecule is CC(C)(O)[C@@H]1CCN(C2CSCCSC2)C1. The molecule has 1 N–H and O–H groups in total. The van der Waals surface area contributed by atoms with Crippen molar-refractivity contribution in [3.8, 4) is 0 Å². The molecule has 2 nitrogen and oxygen atoms in total. The van der Waals surface area contributed by atoms with Crippen molar-refractivity contribution >= 4 is 23.5 Å².